The number of hydrazine groups is 1. The van der Waals surface area contributed by atoms with Crippen LogP contribution in [0, 0.1) is 0 Å². The molecule has 3 rings (SSSR count). The van der Waals surface area contributed by atoms with E-state index in [1.807, 2.05) is 65.7 Å². The van der Waals surface area contributed by atoms with Crippen LogP contribution in [0.5, 0.6) is 0 Å². The van der Waals surface area contributed by atoms with E-state index in [1.165, 1.54) is 6.08 Å². The first-order chi connectivity index (χ1) is 11.8. The predicted molar refractivity (Wildman–Crippen MR) is 95.0 cm³/mol. The second-order valence-corrected chi connectivity index (χ2v) is 5.23. The molecule has 1 N–H and O–H groups in total. The normalized spacial score (nSPS) is 10.7. The fourth-order valence-corrected chi connectivity index (χ4v) is 2.28. The Morgan fingerprint density at radius 3 is 2.33 bits per heavy atom. The quantitative estimate of drug-likeness (QED) is 0.551. The third kappa shape index (κ3) is 4.36. The summed E-state index contributed by atoms with van der Waals surface area (Å²) in [5.41, 5.74) is 4.94. The molecule has 0 saturated carbocycles. The summed E-state index contributed by atoms with van der Waals surface area (Å²) in [5, 5.41) is 1.82. The van der Waals surface area contributed by atoms with E-state index >= 15 is 0 Å². The Kier molecular flexibility index (Phi) is 5.10. The van der Waals surface area contributed by atoms with E-state index in [1.54, 1.807) is 24.5 Å². The second-order valence-electron chi connectivity index (χ2n) is 5.23. The first-order valence-corrected chi connectivity index (χ1v) is 7.70. The van der Waals surface area contributed by atoms with E-state index in [0.29, 0.717) is 12.3 Å². The van der Waals surface area contributed by atoms with Gasteiger partial charge in [0.1, 0.15) is 5.76 Å². The first kappa shape index (κ1) is 15.6. The molecule has 0 aliphatic carbocycles. The lowest BCUT2D eigenvalue weighted by atomic mass is 10.2. The third-order valence-electron chi connectivity index (χ3n) is 3.44. The number of nitrogens with zero attached hydrogens (tertiary/aromatic N) is 1. The van der Waals surface area contributed by atoms with Crippen LogP contribution < -0.4 is 10.4 Å². The standard InChI is InChI=1S/C20H18N2O2/c23-20(14-13-19-12-7-15-24-19)21-22(18-10-5-2-6-11-18)16-17-8-3-1-4-9-17/h1-15H,16H2,(H,21,23). The Morgan fingerprint density at radius 1 is 0.958 bits per heavy atom. The lowest BCUT2D eigenvalue weighted by molar-refractivity contribution is -0.116. The molecule has 2 aromatic carbocycles. The lowest BCUT2D eigenvalue weighted by Gasteiger charge is -2.25. The highest BCUT2D eigenvalue weighted by Crippen LogP contribution is 2.14. The molecule has 0 atom stereocenters. The maximum Gasteiger partial charge on any atom is 0.262 e. The molecule has 0 saturated heterocycles. The number of para-hydroxylation sites is 1. The van der Waals surface area contributed by atoms with Crippen molar-refractivity contribution in [1.29, 1.82) is 0 Å². The topological polar surface area (TPSA) is 45.5 Å². The van der Waals surface area contributed by atoms with E-state index in [4.69, 9.17) is 4.42 Å². The summed E-state index contributed by atoms with van der Waals surface area (Å²) in [6, 6.07) is 23.3. The van der Waals surface area contributed by atoms with Crippen molar-refractivity contribution in [2.24, 2.45) is 0 Å². The van der Waals surface area contributed by atoms with Crippen molar-refractivity contribution in [3.8, 4) is 0 Å². The Hall–Kier alpha value is -3.27. The largest absolute Gasteiger partial charge is 0.465 e. The van der Waals surface area contributed by atoms with Gasteiger partial charge < -0.3 is 4.42 Å². The van der Waals surface area contributed by atoms with Crippen LogP contribution in [0.15, 0.2) is 89.6 Å². The van der Waals surface area contributed by atoms with Crippen molar-refractivity contribution in [1.82, 2.24) is 5.43 Å². The van der Waals surface area contributed by atoms with Gasteiger partial charge in [0.2, 0.25) is 0 Å². The molecule has 1 amide bonds. The number of hydrogen-bond donors (Lipinski definition) is 1. The summed E-state index contributed by atoms with van der Waals surface area (Å²) in [6.45, 7) is 0.575. The minimum atomic E-state index is -0.216. The maximum atomic E-state index is 12.2. The van der Waals surface area contributed by atoms with E-state index in [2.05, 4.69) is 5.43 Å². The number of amides is 1. The average Bonchev–Trinajstić information content (AvgIpc) is 3.15. The molecule has 0 bridgehead atoms. The number of nitrogens with one attached hydrogen (secondary N) is 1. The highest BCUT2D eigenvalue weighted by Gasteiger charge is 2.09. The van der Waals surface area contributed by atoms with Gasteiger partial charge in [-0.05, 0) is 35.9 Å². The predicted octanol–water partition coefficient (Wildman–Crippen LogP) is 4.03. The number of benzene rings is 2. The fraction of sp³-hybridized carbons (Fsp3) is 0.0500. The van der Waals surface area contributed by atoms with Gasteiger partial charge >= 0.3 is 0 Å². The van der Waals surface area contributed by atoms with E-state index in [0.717, 1.165) is 11.3 Å². The minimum absolute atomic E-state index is 0.216. The number of carbonyl (C=O) groups is 1. The zero-order valence-corrected chi connectivity index (χ0v) is 13.1. The minimum Gasteiger partial charge on any atom is -0.465 e. The van der Waals surface area contributed by atoms with Gasteiger partial charge in [-0.3, -0.25) is 15.2 Å². The van der Waals surface area contributed by atoms with Crippen LogP contribution in [0.4, 0.5) is 5.69 Å². The summed E-state index contributed by atoms with van der Waals surface area (Å²) < 4.78 is 5.19. The van der Waals surface area contributed by atoms with Gasteiger partial charge in [0.25, 0.3) is 5.91 Å². The molecular formula is C20H18N2O2. The number of hydrogen-bond acceptors (Lipinski definition) is 3. The van der Waals surface area contributed by atoms with E-state index < -0.39 is 0 Å². The van der Waals surface area contributed by atoms with Crippen LogP contribution in [0.3, 0.4) is 0 Å². The third-order valence-corrected chi connectivity index (χ3v) is 3.44. The molecular weight excluding hydrogens is 300 g/mol. The Bertz CT molecular complexity index is 781. The summed E-state index contributed by atoms with van der Waals surface area (Å²) in [4.78, 5) is 12.2. The van der Waals surface area contributed by atoms with Crippen LogP contribution in [-0.2, 0) is 11.3 Å². The van der Waals surface area contributed by atoms with E-state index in [-0.39, 0.29) is 5.91 Å². The number of anilines is 1. The van der Waals surface area contributed by atoms with Crippen LogP contribution in [-0.4, -0.2) is 5.91 Å². The van der Waals surface area contributed by atoms with Crippen LogP contribution in [0.25, 0.3) is 6.08 Å². The Morgan fingerprint density at radius 2 is 1.67 bits per heavy atom. The number of carbonyl (C=O) groups excluding carboxylic acids is 1. The molecule has 4 nitrogen and oxygen atoms in total. The first-order valence-electron chi connectivity index (χ1n) is 7.70. The van der Waals surface area contributed by atoms with Crippen molar-refractivity contribution in [3.05, 3.63) is 96.5 Å². The molecule has 0 spiro atoms. The second kappa shape index (κ2) is 7.83. The van der Waals surface area contributed by atoms with Gasteiger partial charge in [0.15, 0.2) is 0 Å². The van der Waals surface area contributed by atoms with E-state index in [9.17, 15) is 4.79 Å². The molecule has 0 aliphatic heterocycles. The molecule has 3 aromatic rings. The monoisotopic (exact) mass is 318 g/mol. The molecule has 0 unspecified atom stereocenters. The van der Waals surface area contributed by atoms with Crippen molar-refractivity contribution < 1.29 is 9.21 Å². The maximum absolute atomic E-state index is 12.2. The van der Waals surface area contributed by atoms with Crippen molar-refractivity contribution in [2.45, 2.75) is 6.54 Å². The highest BCUT2D eigenvalue weighted by atomic mass is 16.3. The van der Waals surface area contributed by atoms with Gasteiger partial charge in [-0.1, -0.05) is 48.5 Å². The van der Waals surface area contributed by atoms with Crippen LogP contribution in [0.2, 0.25) is 0 Å². The number of furan rings is 1. The molecule has 0 aliphatic rings. The van der Waals surface area contributed by atoms with Crippen LogP contribution in [0.1, 0.15) is 11.3 Å². The molecule has 24 heavy (non-hydrogen) atoms. The van der Waals surface area contributed by atoms with Crippen LogP contribution >= 0.6 is 0 Å². The van der Waals surface area contributed by atoms with Crippen molar-refractivity contribution in [3.63, 3.8) is 0 Å². The summed E-state index contributed by atoms with van der Waals surface area (Å²) in [5.74, 6) is 0.422. The molecule has 1 aromatic heterocycles. The average molecular weight is 318 g/mol. The molecule has 4 heteroatoms. The van der Waals surface area contributed by atoms with Crippen molar-refractivity contribution >= 4 is 17.7 Å². The molecule has 0 radical (unpaired) electrons. The van der Waals surface area contributed by atoms with Crippen molar-refractivity contribution in [2.75, 3.05) is 5.01 Å². The smallest absolute Gasteiger partial charge is 0.262 e. The Balaban J connectivity index is 1.73. The van der Waals surface area contributed by atoms with Gasteiger partial charge in [0, 0.05) is 6.08 Å². The Labute approximate surface area is 141 Å². The summed E-state index contributed by atoms with van der Waals surface area (Å²) >= 11 is 0. The highest BCUT2D eigenvalue weighted by molar-refractivity contribution is 5.92. The van der Waals surface area contributed by atoms with Gasteiger partial charge in [-0.2, -0.15) is 0 Å². The van der Waals surface area contributed by atoms with Gasteiger partial charge in [-0.15, -0.1) is 0 Å². The zero-order chi connectivity index (χ0) is 16.6. The summed E-state index contributed by atoms with van der Waals surface area (Å²) in [6.07, 6.45) is 4.67. The van der Waals surface area contributed by atoms with Gasteiger partial charge in [0.05, 0.1) is 18.5 Å². The fourth-order valence-electron chi connectivity index (χ4n) is 2.28. The SMILES string of the molecule is O=C(C=Cc1ccco1)NN(Cc1ccccc1)c1ccccc1. The lowest BCUT2D eigenvalue weighted by Crippen LogP contribution is -2.41. The molecule has 0 fully saturated rings. The molecule has 1 heterocycles. The number of rotatable bonds is 6. The zero-order valence-electron chi connectivity index (χ0n) is 13.1. The molecule has 120 valence electrons. The summed E-state index contributed by atoms with van der Waals surface area (Å²) in [7, 11) is 0. The van der Waals surface area contributed by atoms with Gasteiger partial charge in [-0.25, -0.2) is 0 Å².